The minimum atomic E-state index is -0.102. The van der Waals surface area contributed by atoms with Crippen molar-refractivity contribution in [2.24, 2.45) is 0 Å². The average Bonchev–Trinajstić information content (AvgIpc) is 3.02. The summed E-state index contributed by atoms with van der Waals surface area (Å²) in [6, 6.07) is 9.18. The van der Waals surface area contributed by atoms with Crippen molar-refractivity contribution in [3.05, 3.63) is 53.2 Å². The van der Waals surface area contributed by atoms with Gasteiger partial charge in [0.25, 0.3) is 5.56 Å². The van der Waals surface area contributed by atoms with Gasteiger partial charge in [-0.1, -0.05) is 0 Å². The van der Waals surface area contributed by atoms with E-state index in [1.54, 1.807) is 19.6 Å². The number of anilines is 1. The van der Waals surface area contributed by atoms with E-state index in [4.69, 9.17) is 4.74 Å². The van der Waals surface area contributed by atoms with Crippen LogP contribution in [0.2, 0.25) is 0 Å². The first-order chi connectivity index (χ1) is 11.7. The molecule has 0 saturated heterocycles. The van der Waals surface area contributed by atoms with Gasteiger partial charge >= 0.3 is 0 Å². The molecule has 4 rings (SSSR count). The molecule has 0 amide bonds. The zero-order valence-corrected chi connectivity index (χ0v) is 13.9. The first kappa shape index (κ1) is 14.6. The number of aromatic nitrogens is 3. The number of nitrogens with one attached hydrogen (secondary N) is 1. The van der Waals surface area contributed by atoms with E-state index < -0.39 is 0 Å². The zero-order chi connectivity index (χ0) is 16.7. The van der Waals surface area contributed by atoms with Crippen molar-refractivity contribution in [1.82, 2.24) is 14.5 Å². The van der Waals surface area contributed by atoms with Crippen molar-refractivity contribution < 1.29 is 4.74 Å². The van der Waals surface area contributed by atoms with Crippen molar-refractivity contribution in [1.29, 1.82) is 0 Å². The van der Waals surface area contributed by atoms with Gasteiger partial charge in [0.1, 0.15) is 21.6 Å². The van der Waals surface area contributed by atoms with Gasteiger partial charge in [-0.25, -0.2) is 9.97 Å². The molecule has 3 aromatic heterocycles. The van der Waals surface area contributed by atoms with E-state index in [9.17, 15) is 4.79 Å². The summed E-state index contributed by atoms with van der Waals surface area (Å²) in [5.41, 5.74) is 2.24. The van der Waals surface area contributed by atoms with Gasteiger partial charge in [0, 0.05) is 18.9 Å². The quantitative estimate of drug-likeness (QED) is 0.622. The Hall–Kier alpha value is -2.93. The van der Waals surface area contributed by atoms with E-state index in [-0.39, 0.29) is 5.56 Å². The second-order valence-electron chi connectivity index (χ2n) is 5.19. The maximum atomic E-state index is 12.9. The van der Waals surface area contributed by atoms with Gasteiger partial charge in [-0.05, 0) is 30.3 Å². The van der Waals surface area contributed by atoms with E-state index in [0.29, 0.717) is 10.2 Å². The second-order valence-corrected chi connectivity index (χ2v) is 6.19. The lowest BCUT2D eigenvalue weighted by Gasteiger charge is -2.06. The Bertz CT molecular complexity index is 1100. The molecule has 1 N–H and O–H groups in total. The molecule has 0 aliphatic heterocycles. The molecule has 7 heteroatoms. The SMILES string of the molecule is CNc1ccnc2sc3c(=O)n(-c4ccc(OC)cc4)cnc3c12. The third kappa shape index (κ3) is 2.13. The van der Waals surface area contributed by atoms with Gasteiger partial charge in [-0.15, -0.1) is 11.3 Å². The third-order valence-electron chi connectivity index (χ3n) is 3.90. The fraction of sp³-hybridized carbons (Fsp3) is 0.118. The highest BCUT2D eigenvalue weighted by Gasteiger charge is 2.15. The topological polar surface area (TPSA) is 69.0 Å². The normalized spacial score (nSPS) is 11.1. The number of pyridine rings is 1. The van der Waals surface area contributed by atoms with Gasteiger partial charge in [0.2, 0.25) is 0 Å². The average molecular weight is 338 g/mol. The van der Waals surface area contributed by atoms with E-state index in [1.807, 2.05) is 37.4 Å². The predicted molar refractivity (Wildman–Crippen MR) is 96.6 cm³/mol. The number of benzene rings is 1. The van der Waals surface area contributed by atoms with Crippen molar-refractivity contribution in [2.75, 3.05) is 19.5 Å². The van der Waals surface area contributed by atoms with Crippen molar-refractivity contribution >= 4 is 37.5 Å². The number of ether oxygens (including phenoxy) is 1. The molecule has 0 atom stereocenters. The summed E-state index contributed by atoms with van der Waals surface area (Å²) in [7, 11) is 3.45. The largest absolute Gasteiger partial charge is 0.497 e. The summed E-state index contributed by atoms with van der Waals surface area (Å²) in [6.07, 6.45) is 3.29. The molecule has 0 spiro atoms. The van der Waals surface area contributed by atoms with Crippen molar-refractivity contribution in [2.45, 2.75) is 0 Å². The number of thiophene rings is 1. The molecule has 0 saturated carbocycles. The third-order valence-corrected chi connectivity index (χ3v) is 4.98. The highest BCUT2D eigenvalue weighted by atomic mass is 32.1. The zero-order valence-electron chi connectivity index (χ0n) is 13.1. The van der Waals surface area contributed by atoms with Crippen LogP contribution in [0.1, 0.15) is 0 Å². The Morgan fingerprint density at radius 2 is 1.96 bits per heavy atom. The summed E-state index contributed by atoms with van der Waals surface area (Å²) in [5.74, 6) is 0.741. The predicted octanol–water partition coefficient (Wildman–Crippen LogP) is 3.05. The summed E-state index contributed by atoms with van der Waals surface area (Å²) < 4.78 is 7.29. The van der Waals surface area contributed by atoms with Crippen LogP contribution < -0.4 is 15.6 Å². The lowest BCUT2D eigenvalue weighted by molar-refractivity contribution is 0.414. The van der Waals surface area contributed by atoms with Crippen LogP contribution in [0.3, 0.4) is 0 Å². The van der Waals surface area contributed by atoms with Gasteiger partial charge < -0.3 is 10.1 Å². The molecule has 1 aromatic carbocycles. The molecule has 0 fully saturated rings. The summed E-state index contributed by atoms with van der Waals surface area (Å²) in [6.45, 7) is 0. The van der Waals surface area contributed by atoms with Gasteiger partial charge in [0.05, 0.1) is 23.7 Å². The van der Waals surface area contributed by atoms with Crippen LogP contribution in [-0.4, -0.2) is 28.7 Å². The minimum absolute atomic E-state index is 0.102. The standard InChI is InChI=1S/C17H14N4O2S/c1-18-12-7-8-19-16-13(12)14-15(24-16)17(22)21(9-20-14)10-3-5-11(23-2)6-4-10/h3-9H,1-2H3,(H,18,19). The second kappa shape index (κ2) is 5.61. The number of fused-ring (bicyclic) bond motifs is 3. The van der Waals surface area contributed by atoms with Crippen LogP contribution in [0, 0.1) is 0 Å². The molecule has 4 aromatic rings. The van der Waals surface area contributed by atoms with Crippen LogP contribution in [0.4, 0.5) is 5.69 Å². The molecule has 0 aliphatic rings. The molecule has 3 heterocycles. The maximum absolute atomic E-state index is 12.9. The molecule has 0 bridgehead atoms. The van der Waals surface area contributed by atoms with Crippen LogP contribution in [0.15, 0.2) is 47.7 Å². The first-order valence-electron chi connectivity index (χ1n) is 7.34. The summed E-state index contributed by atoms with van der Waals surface area (Å²) in [5, 5.41) is 4.02. The molecular formula is C17H14N4O2S. The van der Waals surface area contributed by atoms with Gasteiger partial charge in [0.15, 0.2) is 0 Å². The molecule has 6 nitrogen and oxygen atoms in total. The smallest absolute Gasteiger partial charge is 0.275 e. The van der Waals surface area contributed by atoms with E-state index in [1.165, 1.54) is 15.9 Å². The number of hydrogen-bond donors (Lipinski definition) is 1. The van der Waals surface area contributed by atoms with Crippen LogP contribution in [0.25, 0.3) is 26.1 Å². The Balaban J connectivity index is 1.98. The first-order valence-corrected chi connectivity index (χ1v) is 8.15. The Kier molecular flexibility index (Phi) is 3.42. The number of rotatable bonds is 3. The van der Waals surface area contributed by atoms with Crippen molar-refractivity contribution in [3.8, 4) is 11.4 Å². The molecule has 0 radical (unpaired) electrons. The van der Waals surface area contributed by atoms with Crippen molar-refractivity contribution in [3.63, 3.8) is 0 Å². The highest BCUT2D eigenvalue weighted by Crippen LogP contribution is 2.33. The van der Waals surface area contributed by atoms with Gasteiger partial charge in [-0.3, -0.25) is 9.36 Å². The maximum Gasteiger partial charge on any atom is 0.275 e. The summed E-state index contributed by atoms with van der Waals surface area (Å²) in [4.78, 5) is 22.6. The molecular weight excluding hydrogens is 324 g/mol. The van der Waals surface area contributed by atoms with Crippen LogP contribution in [-0.2, 0) is 0 Å². The fourth-order valence-electron chi connectivity index (χ4n) is 2.69. The minimum Gasteiger partial charge on any atom is -0.497 e. The van der Waals surface area contributed by atoms with Crippen LogP contribution >= 0.6 is 11.3 Å². The number of methoxy groups -OCH3 is 1. The summed E-state index contributed by atoms with van der Waals surface area (Å²) >= 11 is 1.36. The van der Waals surface area contributed by atoms with Gasteiger partial charge in [-0.2, -0.15) is 0 Å². The highest BCUT2D eigenvalue weighted by molar-refractivity contribution is 7.25. The lowest BCUT2D eigenvalue weighted by atomic mass is 10.2. The molecule has 120 valence electrons. The Labute approximate surface area is 141 Å². The number of hydrogen-bond acceptors (Lipinski definition) is 6. The molecule has 0 aliphatic carbocycles. The van der Waals surface area contributed by atoms with E-state index in [2.05, 4.69) is 15.3 Å². The Morgan fingerprint density at radius 3 is 2.67 bits per heavy atom. The van der Waals surface area contributed by atoms with Crippen LogP contribution in [0.5, 0.6) is 5.75 Å². The fourth-order valence-corrected chi connectivity index (χ4v) is 3.74. The molecule has 0 unspecified atom stereocenters. The lowest BCUT2D eigenvalue weighted by Crippen LogP contribution is -2.17. The van der Waals surface area contributed by atoms with E-state index >= 15 is 0 Å². The van der Waals surface area contributed by atoms with E-state index in [0.717, 1.165) is 27.3 Å². The molecule has 24 heavy (non-hydrogen) atoms. The number of nitrogens with zero attached hydrogens (tertiary/aromatic N) is 3. The Morgan fingerprint density at radius 1 is 1.17 bits per heavy atom. The monoisotopic (exact) mass is 338 g/mol.